The molecule has 0 aromatic heterocycles. The molecule has 2 atom stereocenters. The number of hydrogen-bond donors (Lipinski definition) is 1. The molecular weight excluding hydrogens is 260 g/mol. The Morgan fingerprint density at radius 2 is 1.62 bits per heavy atom. The van der Waals surface area contributed by atoms with Gasteiger partial charge in [0.1, 0.15) is 12.4 Å². The van der Waals surface area contributed by atoms with Crippen LogP contribution in [-0.4, -0.2) is 17.8 Å². The molecule has 0 radical (unpaired) electrons. The molecule has 104 valence electrons. The highest BCUT2D eigenvalue weighted by molar-refractivity contribution is 5.89. The smallest absolute Gasteiger partial charge is 0.123 e. The minimum atomic E-state index is -0.522. The molecule has 0 unspecified atom stereocenters. The van der Waals surface area contributed by atoms with Crippen LogP contribution < -0.4 is 4.74 Å². The molecule has 3 aromatic carbocycles. The molecule has 2 heteroatoms. The predicted molar refractivity (Wildman–Crippen MR) is 83.7 cm³/mol. The van der Waals surface area contributed by atoms with Gasteiger partial charge in [-0.2, -0.15) is 0 Å². The van der Waals surface area contributed by atoms with Crippen molar-refractivity contribution >= 4 is 10.8 Å². The number of hydrogen-bond acceptors (Lipinski definition) is 2. The Kier molecular flexibility index (Phi) is 2.90. The first kappa shape index (κ1) is 12.4. The number of benzene rings is 3. The number of rotatable bonds is 1. The summed E-state index contributed by atoms with van der Waals surface area (Å²) in [7, 11) is 0. The van der Waals surface area contributed by atoms with Crippen molar-refractivity contribution in [1.82, 2.24) is 0 Å². The third-order valence-corrected chi connectivity index (χ3v) is 4.19. The van der Waals surface area contributed by atoms with Crippen LogP contribution in [0.25, 0.3) is 10.8 Å². The van der Waals surface area contributed by atoms with Crippen molar-refractivity contribution in [2.75, 3.05) is 6.61 Å². The Morgan fingerprint density at radius 1 is 0.857 bits per heavy atom. The minimum Gasteiger partial charge on any atom is -0.491 e. The second-order valence-electron chi connectivity index (χ2n) is 5.47. The van der Waals surface area contributed by atoms with Crippen LogP contribution in [0.1, 0.15) is 17.0 Å². The fraction of sp³-hybridized carbons (Fsp3) is 0.158. The Balaban J connectivity index is 2.00. The largest absolute Gasteiger partial charge is 0.491 e. The second-order valence-corrected chi connectivity index (χ2v) is 5.47. The van der Waals surface area contributed by atoms with Crippen molar-refractivity contribution in [1.29, 1.82) is 0 Å². The molecule has 0 spiro atoms. The summed E-state index contributed by atoms with van der Waals surface area (Å²) in [5.41, 5.74) is 2.23. The number of aliphatic hydroxyl groups excluding tert-OH is 1. The summed E-state index contributed by atoms with van der Waals surface area (Å²) in [6, 6.07) is 22.5. The zero-order valence-electron chi connectivity index (χ0n) is 11.6. The van der Waals surface area contributed by atoms with E-state index < -0.39 is 6.10 Å². The first-order chi connectivity index (χ1) is 10.3. The summed E-state index contributed by atoms with van der Waals surface area (Å²) in [5.74, 6) is 0.842. The molecular formula is C19H16O2. The number of aliphatic hydroxyl groups is 1. The first-order valence-corrected chi connectivity index (χ1v) is 7.22. The van der Waals surface area contributed by atoms with Crippen molar-refractivity contribution < 1.29 is 9.84 Å². The highest BCUT2D eigenvalue weighted by Crippen LogP contribution is 2.42. The topological polar surface area (TPSA) is 29.5 Å². The average Bonchev–Trinajstić information content (AvgIpc) is 2.55. The highest BCUT2D eigenvalue weighted by Gasteiger charge is 2.32. The Labute approximate surface area is 123 Å². The Morgan fingerprint density at radius 3 is 2.48 bits per heavy atom. The maximum absolute atomic E-state index is 10.5. The van der Waals surface area contributed by atoms with E-state index in [1.807, 2.05) is 36.4 Å². The molecule has 1 aliphatic heterocycles. The molecule has 0 bridgehead atoms. The van der Waals surface area contributed by atoms with Crippen LogP contribution in [0.15, 0.2) is 66.7 Å². The van der Waals surface area contributed by atoms with Crippen LogP contribution >= 0.6 is 0 Å². The fourth-order valence-corrected chi connectivity index (χ4v) is 3.24. The lowest BCUT2D eigenvalue weighted by molar-refractivity contribution is 0.0778. The molecule has 0 saturated carbocycles. The van der Waals surface area contributed by atoms with Gasteiger partial charge in [0, 0.05) is 11.5 Å². The van der Waals surface area contributed by atoms with E-state index in [1.54, 1.807) is 0 Å². The highest BCUT2D eigenvalue weighted by atomic mass is 16.5. The fourth-order valence-electron chi connectivity index (χ4n) is 3.24. The predicted octanol–water partition coefficient (Wildman–Crippen LogP) is 3.73. The molecule has 21 heavy (non-hydrogen) atoms. The van der Waals surface area contributed by atoms with Crippen LogP contribution in [0.3, 0.4) is 0 Å². The van der Waals surface area contributed by atoms with Gasteiger partial charge in [-0.25, -0.2) is 0 Å². The van der Waals surface area contributed by atoms with Gasteiger partial charge in [-0.15, -0.1) is 0 Å². The van der Waals surface area contributed by atoms with Gasteiger partial charge in [0.2, 0.25) is 0 Å². The van der Waals surface area contributed by atoms with E-state index in [1.165, 1.54) is 5.39 Å². The summed E-state index contributed by atoms with van der Waals surface area (Å²) in [4.78, 5) is 0. The molecule has 1 heterocycles. The van der Waals surface area contributed by atoms with E-state index in [4.69, 9.17) is 4.74 Å². The quantitative estimate of drug-likeness (QED) is 0.734. The summed E-state index contributed by atoms with van der Waals surface area (Å²) in [6.07, 6.45) is -0.522. The molecule has 0 saturated heterocycles. The monoisotopic (exact) mass is 276 g/mol. The zero-order chi connectivity index (χ0) is 14.2. The Hall–Kier alpha value is -2.32. The maximum Gasteiger partial charge on any atom is 0.123 e. The van der Waals surface area contributed by atoms with Gasteiger partial charge in [-0.3, -0.25) is 0 Å². The molecule has 0 fully saturated rings. The van der Waals surface area contributed by atoms with Crippen LogP contribution in [0.4, 0.5) is 0 Å². The Bertz CT molecular complexity index is 780. The number of ether oxygens (including phenoxy) is 1. The van der Waals surface area contributed by atoms with Gasteiger partial charge in [0.25, 0.3) is 0 Å². The summed E-state index contributed by atoms with van der Waals surface area (Å²) < 4.78 is 5.75. The molecule has 1 aliphatic rings. The van der Waals surface area contributed by atoms with Crippen LogP contribution in [0.2, 0.25) is 0 Å². The first-order valence-electron chi connectivity index (χ1n) is 7.22. The summed E-state index contributed by atoms with van der Waals surface area (Å²) in [6.45, 7) is 0.338. The molecule has 0 amide bonds. The average molecular weight is 276 g/mol. The van der Waals surface area contributed by atoms with E-state index in [9.17, 15) is 5.11 Å². The second kappa shape index (κ2) is 4.90. The van der Waals surface area contributed by atoms with Crippen molar-refractivity contribution in [2.24, 2.45) is 0 Å². The van der Waals surface area contributed by atoms with Gasteiger partial charge >= 0.3 is 0 Å². The number of fused-ring (bicyclic) bond motifs is 3. The van der Waals surface area contributed by atoms with E-state index >= 15 is 0 Å². The van der Waals surface area contributed by atoms with Gasteiger partial charge in [0.05, 0.1) is 6.10 Å². The van der Waals surface area contributed by atoms with Crippen LogP contribution in [0.5, 0.6) is 5.75 Å². The zero-order valence-corrected chi connectivity index (χ0v) is 11.6. The summed E-state index contributed by atoms with van der Waals surface area (Å²) in [5, 5.41) is 12.8. The van der Waals surface area contributed by atoms with Gasteiger partial charge in [-0.05, 0) is 22.4 Å². The van der Waals surface area contributed by atoms with E-state index in [0.29, 0.717) is 6.61 Å². The molecule has 3 aromatic rings. The van der Waals surface area contributed by atoms with Crippen molar-refractivity contribution in [3.63, 3.8) is 0 Å². The summed E-state index contributed by atoms with van der Waals surface area (Å²) >= 11 is 0. The van der Waals surface area contributed by atoms with Crippen molar-refractivity contribution in [3.05, 3.63) is 77.9 Å². The molecule has 4 rings (SSSR count). The van der Waals surface area contributed by atoms with Crippen molar-refractivity contribution in [3.8, 4) is 5.75 Å². The third kappa shape index (κ3) is 1.99. The lowest BCUT2D eigenvalue weighted by Gasteiger charge is -2.32. The molecule has 2 nitrogen and oxygen atoms in total. The third-order valence-electron chi connectivity index (χ3n) is 4.19. The van der Waals surface area contributed by atoms with E-state index in [0.717, 1.165) is 22.3 Å². The van der Waals surface area contributed by atoms with Crippen LogP contribution in [0, 0.1) is 0 Å². The normalized spacial score (nSPS) is 20.8. The minimum absolute atomic E-state index is 0.0407. The van der Waals surface area contributed by atoms with E-state index in [2.05, 4.69) is 30.3 Å². The lowest BCUT2D eigenvalue weighted by atomic mass is 9.82. The maximum atomic E-state index is 10.5. The van der Waals surface area contributed by atoms with Crippen molar-refractivity contribution in [2.45, 2.75) is 12.0 Å². The van der Waals surface area contributed by atoms with Gasteiger partial charge in [-0.1, -0.05) is 60.7 Å². The SMILES string of the molecule is O[C@H]1COc2ccc3ccccc3c2[C@@H]1c1ccccc1. The van der Waals surface area contributed by atoms with Crippen LogP contribution in [-0.2, 0) is 0 Å². The molecule has 1 N–H and O–H groups in total. The lowest BCUT2D eigenvalue weighted by Crippen LogP contribution is -2.31. The van der Waals surface area contributed by atoms with E-state index in [-0.39, 0.29) is 5.92 Å². The van der Waals surface area contributed by atoms with Gasteiger partial charge < -0.3 is 9.84 Å². The standard InChI is InChI=1S/C19H16O2/c20-16-12-21-17-11-10-13-6-4-5-9-15(13)19(17)18(16)14-7-2-1-3-8-14/h1-11,16,18,20H,12H2/t16-,18+/m0/s1. The van der Waals surface area contributed by atoms with Gasteiger partial charge in [0.15, 0.2) is 0 Å². The molecule has 0 aliphatic carbocycles.